The van der Waals surface area contributed by atoms with Crippen molar-refractivity contribution >= 4 is 11.9 Å². The third-order valence-electron chi connectivity index (χ3n) is 2.32. The third-order valence-corrected chi connectivity index (χ3v) is 2.32. The van der Waals surface area contributed by atoms with E-state index in [4.69, 9.17) is 15.6 Å². The first-order chi connectivity index (χ1) is 8.50. The van der Waals surface area contributed by atoms with Crippen LogP contribution in [0.15, 0.2) is 30.3 Å². The van der Waals surface area contributed by atoms with Crippen molar-refractivity contribution in [1.82, 2.24) is 0 Å². The van der Waals surface area contributed by atoms with Crippen LogP contribution >= 0.6 is 0 Å². The van der Waals surface area contributed by atoms with E-state index in [1.54, 1.807) is 24.3 Å². The van der Waals surface area contributed by atoms with E-state index in [1.807, 2.05) is 6.07 Å². The molecule has 1 aromatic carbocycles. The van der Waals surface area contributed by atoms with Crippen molar-refractivity contribution in [1.29, 1.82) is 0 Å². The van der Waals surface area contributed by atoms with Crippen LogP contribution in [0.1, 0.15) is 12.0 Å². The largest absolute Gasteiger partial charge is 0.480 e. The number of aliphatic hydroxyl groups is 1. The Bertz CT molecular complexity index is 406. The SMILES string of the molecule is N[C@H](C(=O)O)[C@H](O)CC(=O)OCc1ccccc1. The van der Waals surface area contributed by atoms with Crippen LogP contribution in [-0.4, -0.2) is 34.3 Å². The van der Waals surface area contributed by atoms with Gasteiger partial charge in [-0.25, -0.2) is 0 Å². The number of carboxylic acids is 1. The number of ether oxygens (including phenoxy) is 1. The maximum atomic E-state index is 11.3. The lowest BCUT2D eigenvalue weighted by molar-refractivity contribution is -0.149. The molecule has 1 rings (SSSR count). The molecule has 0 spiro atoms. The highest BCUT2D eigenvalue weighted by molar-refractivity contribution is 5.76. The van der Waals surface area contributed by atoms with E-state index in [0.717, 1.165) is 5.56 Å². The summed E-state index contributed by atoms with van der Waals surface area (Å²) in [6.07, 6.45) is -1.90. The highest BCUT2D eigenvalue weighted by Crippen LogP contribution is 2.04. The van der Waals surface area contributed by atoms with Gasteiger partial charge >= 0.3 is 11.9 Å². The minimum absolute atomic E-state index is 0.0781. The molecule has 0 radical (unpaired) electrons. The van der Waals surface area contributed by atoms with Crippen LogP contribution in [-0.2, 0) is 20.9 Å². The molecule has 0 unspecified atom stereocenters. The number of esters is 1. The standard InChI is InChI=1S/C12H15NO5/c13-11(12(16)17)9(14)6-10(15)18-7-8-4-2-1-3-5-8/h1-5,9,11,14H,6-7,13H2,(H,16,17)/t9-,11+/m1/s1. The zero-order valence-corrected chi connectivity index (χ0v) is 9.65. The van der Waals surface area contributed by atoms with Gasteiger partial charge in [0.2, 0.25) is 0 Å². The lowest BCUT2D eigenvalue weighted by Gasteiger charge is -2.13. The highest BCUT2D eigenvalue weighted by Gasteiger charge is 2.24. The average Bonchev–Trinajstić information content (AvgIpc) is 2.36. The van der Waals surface area contributed by atoms with Crippen LogP contribution in [0.5, 0.6) is 0 Å². The molecule has 2 atom stereocenters. The lowest BCUT2D eigenvalue weighted by atomic mass is 10.1. The first-order valence-electron chi connectivity index (χ1n) is 5.36. The normalized spacial score (nSPS) is 13.7. The van der Waals surface area contributed by atoms with Gasteiger partial charge in [-0.3, -0.25) is 9.59 Å². The van der Waals surface area contributed by atoms with E-state index in [-0.39, 0.29) is 6.61 Å². The first-order valence-corrected chi connectivity index (χ1v) is 5.36. The van der Waals surface area contributed by atoms with Crippen molar-refractivity contribution in [2.75, 3.05) is 0 Å². The average molecular weight is 253 g/mol. The Morgan fingerprint density at radius 2 is 1.89 bits per heavy atom. The van der Waals surface area contributed by atoms with Gasteiger partial charge in [-0.05, 0) is 5.56 Å². The quantitative estimate of drug-likeness (QED) is 0.610. The Morgan fingerprint density at radius 3 is 2.44 bits per heavy atom. The topological polar surface area (TPSA) is 110 Å². The number of aliphatic hydroxyl groups excluding tert-OH is 1. The maximum absolute atomic E-state index is 11.3. The van der Waals surface area contributed by atoms with Gasteiger partial charge in [0.1, 0.15) is 12.6 Å². The molecule has 6 heteroatoms. The molecule has 4 N–H and O–H groups in total. The van der Waals surface area contributed by atoms with Gasteiger partial charge < -0.3 is 20.7 Å². The summed E-state index contributed by atoms with van der Waals surface area (Å²) in [6.45, 7) is 0.0781. The fourth-order valence-electron chi connectivity index (χ4n) is 1.26. The fraction of sp³-hybridized carbons (Fsp3) is 0.333. The predicted octanol–water partition coefficient (Wildman–Crippen LogP) is -0.107. The van der Waals surface area contributed by atoms with Crippen LogP contribution in [0.4, 0.5) is 0 Å². The van der Waals surface area contributed by atoms with Gasteiger partial charge in [0.05, 0.1) is 12.5 Å². The Hall–Kier alpha value is -1.92. The van der Waals surface area contributed by atoms with E-state index in [1.165, 1.54) is 0 Å². The molecule has 0 amide bonds. The number of nitrogens with two attached hydrogens (primary N) is 1. The molecule has 0 saturated carbocycles. The van der Waals surface area contributed by atoms with Crippen LogP contribution in [0.2, 0.25) is 0 Å². The summed E-state index contributed by atoms with van der Waals surface area (Å²) in [6, 6.07) is 7.52. The van der Waals surface area contributed by atoms with E-state index >= 15 is 0 Å². The Kier molecular flexibility index (Phi) is 5.29. The van der Waals surface area contributed by atoms with Gasteiger partial charge in [-0.1, -0.05) is 30.3 Å². The molecule has 0 fully saturated rings. The van der Waals surface area contributed by atoms with Gasteiger partial charge in [0.15, 0.2) is 0 Å². The second-order valence-corrected chi connectivity index (χ2v) is 3.78. The maximum Gasteiger partial charge on any atom is 0.323 e. The van der Waals surface area contributed by atoms with Crippen molar-refractivity contribution in [3.05, 3.63) is 35.9 Å². The molecular weight excluding hydrogens is 238 g/mol. The highest BCUT2D eigenvalue weighted by atomic mass is 16.5. The van der Waals surface area contributed by atoms with Crippen LogP contribution in [0.25, 0.3) is 0 Å². The van der Waals surface area contributed by atoms with E-state index in [9.17, 15) is 14.7 Å². The smallest absolute Gasteiger partial charge is 0.323 e. The molecule has 0 bridgehead atoms. The van der Waals surface area contributed by atoms with Gasteiger partial charge in [0.25, 0.3) is 0 Å². The number of rotatable bonds is 6. The third kappa shape index (κ3) is 4.52. The van der Waals surface area contributed by atoms with Crippen molar-refractivity contribution in [3.63, 3.8) is 0 Å². The Morgan fingerprint density at radius 1 is 1.28 bits per heavy atom. The molecule has 0 heterocycles. The molecule has 0 aliphatic heterocycles. The Balaban J connectivity index is 2.36. The van der Waals surface area contributed by atoms with Crippen LogP contribution in [0.3, 0.4) is 0 Å². The number of carbonyl (C=O) groups is 2. The van der Waals surface area contributed by atoms with Crippen molar-refractivity contribution in [3.8, 4) is 0 Å². The van der Waals surface area contributed by atoms with E-state index in [2.05, 4.69) is 0 Å². The van der Waals surface area contributed by atoms with Crippen molar-refractivity contribution in [2.45, 2.75) is 25.2 Å². The number of aliphatic carboxylic acids is 1. The predicted molar refractivity (Wildman–Crippen MR) is 62.5 cm³/mol. The summed E-state index contributed by atoms with van der Waals surface area (Å²) >= 11 is 0. The lowest BCUT2D eigenvalue weighted by Crippen LogP contribution is -2.43. The second-order valence-electron chi connectivity index (χ2n) is 3.78. The number of carboxylic acid groups (broad SMARTS) is 1. The minimum atomic E-state index is -1.49. The molecule has 0 aliphatic carbocycles. The molecule has 0 aliphatic rings. The number of hydrogen-bond acceptors (Lipinski definition) is 5. The molecule has 18 heavy (non-hydrogen) atoms. The van der Waals surface area contributed by atoms with Crippen LogP contribution < -0.4 is 5.73 Å². The molecule has 1 aromatic rings. The zero-order chi connectivity index (χ0) is 13.5. The summed E-state index contributed by atoms with van der Waals surface area (Å²) in [5.41, 5.74) is 5.97. The summed E-state index contributed by atoms with van der Waals surface area (Å²) < 4.78 is 4.88. The zero-order valence-electron chi connectivity index (χ0n) is 9.65. The number of carbonyl (C=O) groups excluding carboxylic acids is 1. The number of hydrogen-bond donors (Lipinski definition) is 3. The summed E-state index contributed by atoms with van der Waals surface area (Å²) in [5, 5.41) is 17.9. The first kappa shape index (κ1) is 14.1. The van der Waals surface area contributed by atoms with Gasteiger partial charge in [0, 0.05) is 0 Å². The monoisotopic (exact) mass is 253 g/mol. The summed E-state index contributed by atoms with van der Waals surface area (Å²) in [4.78, 5) is 21.8. The fourth-order valence-corrected chi connectivity index (χ4v) is 1.26. The second kappa shape index (κ2) is 6.73. The van der Waals surface area contributed by atoms with Gasteiger partial charge in [-0.2, -0.15) is 0 Å². The van der Waals surface area contributed by atoms with Crippen LogP contribution in [0, 0.1) is 0 Å². The summed E-state index contributed by atoms with van der Waals surface area (Å²) in [7, 11) is 0. The van der Waals surface area contributed by atoms with E-state index in [0.29, 0.717) is 0 Å². The summed E-state index contributed by atoms with van der Waals surface area (Å²) in [5.74, 6) is -2.05. The van der Waals surface area contributed by atoms with Crippen molar-refractivity contribution in [2.24, 2.45) is 5.73 Å². The van der Waals surface area contributed by atoms with Crippen molar-refractivity contribution < 1.29 is 24.5 Å². The number of benzene rings is 1. The Labute approximate surface area is 104 Å². The van der Waals surface area contributed by atoms with E-state index < -0.39 is 30.5 Å². The molecule has 6 nitrogen and oxygen atoms in total. The molecule has 98 valence electrons. The molecular formula is C12H15NO5. The molecule has 0 aromatic heterocycles. The van der Waals surface area contributed by atoms with Gasteiger partial charge in [-0.15, -0.1) is 0 Å². The minimum Gasteiger partial charge on any atom is -0.480 e. The molecule has 0 saturated heterocycles.